The third-order valence-electron chi connectivity index (χ3n) is 3.43. The van der Waals surface area contributed by atoms with E-state index in [0.717, 1.165) is 0 Å². The van der Waals surface area contributed by atoms with E-state index >= 15 is 0 Å². The maximum absolute atomic E-state index is 12.4. The number of nitrogens with one attached hydrogen (secondary N) is 1. The third-order valence-corrected chi connectivity index (χ3v) is 3.76. The lowest BCUT2D eigenvalue weighted by Gasteiger charge is -2.21. The average molecular weight is 332 g/mol. The first kappa shape index (κ1) is 15.4. The van der Waals surface area contributed by atoms with Crippen LogP contribution in [0.5, 0.6) is 11.5 Å². The van der Waals surface area contributed by atoms with Gasteiger partial charge in [-0.1, -0.05) is 23.7 Å². The molecule has 0 aromatic heterocycles. The first-order valence-electron chi connectivity index (χ1n) is 7.06. The first-order valence-corrected chi connectivity index (χ1v) is 7.44. The van der Waals surface area contributed by atoms with Crippen molar-refractivity contribution < 1.29 is 19.1 Å². The van der Waals surface area contributed by atoms with Crippen molar-refractivity contribution >= 4 is 29.0 Å². The Hall–Kier alpha value is -2.53. The number of hydrogen-bond acceptors (Lipinski definition) is 4. The lowest BCUT2D eigenvalue weighted by atomic mass is 10.1. The van der Waals surface area contributed by atoms with Gasteiger partial charge in [-0.05, 0) is 25.1 Å². The number of ketones is 1. The van der Waals surface area contributed by atoms with Gasteiger partial charge in [-0.25, -0.2) is 0 Å². The minimum Gasteiger partial charge on any atom is -0.486 e. The first-order chi connectivity index (χ1) is 11.1. The molecule has 1 amide bonds. The van der Waals surface area contributed by atoms with E-state index < -0.39 is 5.91 Å². The molecule has 0 bridgehead atoms. The van der Waals surface area contributed by atoms with Crippen LogP contribution in [0.15, 0.2) is 36.4 Å². The van der Waals surface area contributed by atoms with E-state index in [2.05, 4.69) is 5.32 Å². The second kappa shape index (κ2) is 6.30. The highest BCUT2D eigenvalue weighted by atomic mass is 35.5. The van der Waals surface area contributed by atoms with Crippen LogP contribution in [-0.4, -0.2) is 24.9 Å². The van der Waals surface area contributed by atoms with Crippen molar-refractivity contribution in [2.75, 3.05) is 18.5 Å². The SMILES string of the molecule is CC(=O)c1cc2c(cc1NC(=O)c1ccccc1Cl)OCCO2. The van der Waals surface area contributed by atoms with Gasteiger partial charge in [-0.2, -0.15) is 0 Å². The van der Waals surface area contributed by atoms with Crippen molar-refractivity contribution in [2.45, 2.75) is 6.92 Å². The number of hydrogen-bond donors (Lipinski definition) is 1. The number of rotatable bonds is 3. The molecule has 1 aliphatic heterocycles. The predicted molar refractivity (Wildman–Crippen MR) is 86.8 cm³/mol. The van der Waals surface area contributed by atoms with Crippen molar-refractivity contribution in [1.29, 1.82) is 0 Å². The number of benzene rings is 2. The summed E-state index contributed by atoms with van der Waals surface area (Å²) in [5.41, 5.74) is 1.06. The van der Waals surface area contributed by atoms with E-state index in [0.29, 0.717) is 46.5 Å². The fourth-order valence-electron chi connectivity index (χ4n) is 2.32. The average Bonchev–Trinajstić information content (AvgIpc) is 2.54. The third kappa shape index (κ3) is 3.14. The summed E-state index contributed by atoms with van der Waals surface area (Å²) in [6, 6.07) is 9.88. The number of anilines is 1. The molecule has 0 saturated carbocycles. The molecule has 6 heteroatoms. The van der Waals surface area contributed by atoms with Gasteiger partial charge in [0.25, 0.3) is 5.91 Å². The number of Topliss-reactive ketones (excluding diaryl/α,β-unsaturated/α-hetero) is 1. The number of halogens is 1. The smallest absolute Gasteiger partial charge is 0.257 e. The lowest BCUT2D eigenvalue weighted by Crippen LogP contribution is -2.18. The Labute approximate surface area is 138 Å². The van der Waals surface area contributed by atoms with Gasteiger partial charge in [0.15, 0.2) is 17.3 Å². The van der Waals surface area contributed by atoms with E-state index in [9.17, 15) is 9.59 Å². The Morgan fingerprint density at radius 2 is 1.70 bits per heavy atom. The van der Waals surface area contributed by atoms with Gasteiger partial charge >= 0.3 is 0 Å². The van der Waals surface area contributed by atoms with Gasteiger partial charge in [0.1, 0.15) is 13.2 Å². The zero-order valence-corrected chi connectivity index (χ0v) is 13.1. The molecule has 3 rings (SSSR count). The van der Waals surface area contributed by atoms with Crippen LogP contribution in [0, 0.1) is 0 Å². The van der Waals surface area contributed by atoms with Crippen molar-refractivity contribution in [3.63, 3.8) is 0 Å². The maximum atomic E-state index is 12.4. The van der Waals surface area contributed by atoms with E-state index in [1.54, 1.807) is 36.4 Å². The molecule has 2 aromatic carbocycles. The van der Waals surface area contributed by atoms with E-state index in [-0.39, 0.29) is 5.78 Å². The summed E-state index contributed by atoms with van der Waals surface area (Å²) in [4.78, 5) is 24.3. The molecule has 0 spiro atoms. The molecule has 0 fully saturated rings. The molecule has 0 radical (unpaired) electrons. The van der Waals surface area contributed by atoms with Crippen LogP contribution in [-0.2, 0) is 0 Å². The van der Waals surface area contributed by atoms with E-state index in [1.165, 1.54) is 6.92 Å². The molecule has 118 valence electrons. The van der Waals surface area contributed by atoms with Crippen LogP contribution in [0.3, 0.4) is 0 Å². The van der Waals surface area contributed by atoms with Crippen LogP contribution in [0.2, 0.25) is 5.02 Å². The van der Waals surface area contributed by atoms with Crippen molar-refractivity contribution in [2.24, 2.45) is 0 Å². The lowest BCUT2D eigenvalue weighted by molar-refractivity contribution is 0.101. The van der Waals surface area contributed by atoms with Gasteiger partial charge in [-0.3, -0.25) is 9.59 Å². The summed E-state index contributed by atoms with van der Waals surface area (Å²) >= 11 is 6.03. The van der Waals surface area contributed by atoms with Crippen LogP contribution < -0.4 is 14.8 Å². The fraction of sp³-hybridized carbons (Fsp3) is 0.176. The Balaban J connectivity index is 1.97. The highest BCUT2D eigenvalue weighted by Gasteiger charge is 2.20. The molecule has 1 heterocycles. The van der Waals surface area contributed by atoms with Crippen molar-refractivity contribution in [1.82, 2.24) is 0 Å². The summed E-state index contributed by atoms with van der Waals surface area (Å²) in [7, 11) is 0. The largest absolute Gasteiger partial charge is 0.486 e. The highest BCUT2D eigenvalue weighted by Crippen LogP contribution is 2.36. The molecular formula is C17H14ClNO4. The number of amides is 1. The number of carbonyl (C=O) groups is 2. The van der Waals surface area contributed by atoms with Gasteiger partial charge in [0.05, 0.1) is 16.3 Å². The highest BCUT2D eigenvalue weighted by molar-refractivity contribution is 6.34. The number of ether oxygens (including phenoxy) is 2. The molecule has 0 unspecified atom stereocenters. The molecular weight excluding hydrogens is 318 g/mol. The second-order valence-electron chi connectivity index (χ2n) is 5.03. The Morgan fingerprint density at radius 1 is 1.04 bits per heavy atom. The van der Waals surface area contributed by atoms with Crippen LogP contribution in [0.1, 0.15) is 27.6 Å². The topological polar surface area (TPSA) is 64.6 Å². The Morgan fingerprint density at radius 3 is 2.35 bits per heavy atom. The second-order valence-corrected chi connectivity index (χ2v) is 5.44. The van der Waals surface area contributed by atoms with Gasteiger partial charge in [0, 0.05) is 11.6 Å². The summed E-state index contributed by atoms with van der Waals surface area (Å²) in [5, 5.41) is 3.06. The molecule has 23 heavy (non-hydrogen) atoms. The van der Waals surface area contributed by atoms with Crippen LogP contribution in [0.4, 0.5) is 5.69 Å². The zero-order valence-electron chi connectivity index (χ0n) is 12.4. The maximum Gasteiger partial charge on any atom is 0.257 e. The summed E-state index contributed by atoms with van der Waals surface area (Å²) in [6.45, 7) is 2.27. The van der Waals surface area contributed by atoms with E-state index in [1.807, 2.05) is 0 Å². The van der Waals surface area contributed by atoms with Gasteiger partial charge in [-0.15, -0.1) is 0 Å². The van der Waals surface area contributed by atoms with Crippen LogP contribution >= 0.6 is 11.6 Å². The monoisotopic (exact) mass is 331 g/mol. The quantitative estimate of drug-likeness (QED) is 0.873. The summed E-state index contributed by atoms with van der Waals surface area (Å²) in [5.74, 6) is 0.416. The molecule has 0 aliphatic carbocycles. The Kier molecular flexibility index (Phi) is 4.21. The summed E-state index contributed by atoms with van der Waals surface area (Å²) in [6.07, 6.45) is 0. The van der Waals surface area contributed by atoms with Gasteiger partial charge in [0.2, 0.25) is 0 Å². The van der Waals surface area contributed by atoms with Crippen molar-refractivity contribution in [3.05, 3.63) is 52.5 Å². The number of carbonyl (C=O) groups excluding carboxylic acids is 2. The Bertz CT molecular complexity index is 788. The molecule has 1 N–H and O–H groups in total. The molecule has 5 nitrogen and oxygen atoms in total. The molecule has 0 atom stereocenters. The minimum atomic E-state index is -0.394. The normalized spacial score (nSPS) is 12.6. The van der Waals surface area contributed by atoms with Crippen molar-refractivity contribution in [3.8, 4) is 11.5 Å². The number of fused-ring (bicyclic) bond motifs is 1. The molecule has 1 aliphatic rings. The van der Waals surface area contributed by atoms with Gasteiger partial charge < -0.3 is 14.8 Å². The van der Waals surface area contributed by atoms with E-state index in [4.69, 9.17) is 21.1 Å². The fourth-order valence-corrected chi connectivity index (χ4v) is 2.54. The standard InChI is InChI=1S/C17H14ClNO4/c1-10(20)12-8-15-16(23-7-6-22-15)9-14(12)19-17(21)11-4-2-3-5-13(11)18/h2-5,8-9H,6-7H2,1H3,(H,19,21). The predicted octanol–water partition coefficient (Wildman–Crippen LogP) is 3.57. The summed E-state index contributed by atoms with van der Waals surface area (Å²) < 4.78 is 11.0. The zero-order chi connectivity index (χ0) is 16.4. The van der Waals surface area contributed by atoms with Crippen LogP contribution in [0.25, 0.3) is 0 Å². The molecule has 0 saturated heterocycles. The molecule has 2 aromatic rings. The minimum absolute atomic E-state index is 0.184.